The molecule has 0 amide bonds. The monoisotopic (exact) mass is 538 g/mol. The van der Waals surface area contributed by atoms with E-state index in [4.69, 9.17) is 14.5 Å². The summed E-state index contributed by atoms with van der Waals surface area (Å²) in [6.45, 7) is 1.12. The average molecular weight is 539 g/mol. The fourth-order valence-corrected chi connectivity index (χ4v) is 6.39. The summed E-state index contributed by atoms with van der Waals surface area (Å²) in [6, 6.07) is 9.87. The predicted octanol–water partition coefficient (Wildman–Crippen LogP) is 3.74. The Labute approximate surface area is 223 Å². The van der Waals surface area contributed by atoms with Gasteiger partial charge in [0.15, 0.2) is 21.3 Å². The van der Waals surface area contributed by atoms with E-state index in [2.05, 4.69) is 10.2 Å². The molecule has 0 spiro atoms. The Morgan fingerprint density at radius 2 is 1.76 bits per heavy atom. The summed E-state index contributed by atoms with van der Waals surface area (Å²) in [7, 11) is 1.74. The molecule has 10 nitrogen and oxygen atoms in total. The van der Waals surface area contributed by atoms with Gasteiger partial charge in [-0.1, -0.05) is 18.2 Å². The third-order valence-electron chi connectivity index (χ3n) is 7.02. The van der Waals surface area contributed by atoms with Crippen molar-refractivity contribution in [2.45, 2.75) is 42.6 Å². The minimum atomic E-state index is -3.60. The van der Waals surface area contributed by atoms with E-state index in [1.54, 1.807) is 28.9 Å². The van der Waals surface area contributed by atoms with Gasteiger partial charge < -0.3 is 14.4 Å². The molecule has 0 atom stereocenters. The van der Waals surface area contributed by atoms with Crippen molar-refractivity contribution >= 4 is 21.3 Å². The van der Waals surface area contributed by atoms with E-state index >= 15 is 0 Å². The number of anilines is 1. The largest absolute Gasteiger partial charge is 0.382 e. The number of hydrogen-bond donors (Lipinski definition) is 0. The molecule has 1 saturated carbocycles. The SMILES string of the molecule is COCCO[C@H]1CC[C@H](c2nc3c(-c4cnn(-c5ccccc5)c4)cnn3c(N(C)C)c2S(C)(=O)=O)CC1. The van der Waals surface area contributed by atoms with Crippen molar-refractivity contribution < 1.29 is 17.9 Å². The molecule has 3 aromatic heterocycles. The van der Waals surface area contributed by atoms with Crippen LogP contribution >= 0.6 is 0 Å². The zero-order chi connectivity index (χ0) is 26.9. The number of fused-ring (bicyclic) bond motifs is 1. The van der Waals surface area contributed by atoms with E-state index < -0.39 is 9.84 Å². The number of para-hydroxylation sites is 1. The zero-order valence-corrected chi connectivity index (χ0v) is 23.1. The van der Waals surface area contributed by atoms with Crippen molar-refractivity contribution in [3.63, 3.8) is 0 Å². The van der Waals surface area contributed by atoms with Gasteiger partial charge in [-0.3, -0.25) is 0 Å². The van der Waals surface area contributed by atoms with Crippen LogP contribution < -0.4 is 4.90 Å². The summed E-state index contributed by atoms with van der Waals surface area (Å²) in [4.78, 5) is 7.07. The predicted molar refractivity (Wildman–Crippen MR) is 146 cm³/mol. The van der Waals surface area contributed by atoms with Crippen LogP contribution in [-0.2, 0) is 19.3 Å². The van der Waals surface area contributed by atoms with Gasteiger partial charge in [0.25, 0.3) is 0 Å². The number of sulfone groups is 1. The van der Waals surface area contributed by atoms with Gasteiger partial charge in [-0.25, -0.2) is 18.1 Å². The number of nitrogens with zero attached hydrogens (tertiary/aromatic N) is 6. The zero-order valence-electron chi connectivity index (χ0n) is 22.2. The molecule has 0 unspecified atom stereocenters. The minimum Gasteiger partial charge on any atom is -0.382 e. The number of benzene rings is 1. The third kappa shape index (κ3) is 5.18. The van der Waals surface area contributed by atoms with Gasteiger partial charge in [0.2, 0.25) is 0 Å². The average Bonchev–Trinajstić information content (AvgIpc) is 3.55. The van der Waals surface area contributed by atoms with Crippen LogP contribution in [0.3, 0.4) is 0 Å². The second-order valence-electron chi connectivity index (χ2n) is 9.96. The molecule has 0 N–H and O–H groups in total. The molecule has 0 radical (unpaired) electrons. The van der Waals surface area contributed by atoms with Crippen LogP contribution in [0, 0.1) is 0 Å². The van der Waals surface area contributed by atoms with Crippen LogP contribution in [-0.4, -0.2) is 79.6 Å². The van der Waals surface area contributed by atoms with Gasteiger partial charge in [-0.15, -0.1) is 0 Å². The Morgan fingerprint density at radius 1 is 1.03 bits per heavy atom. The van der Waals surface area contributed by atoms with Gasteiger partial charge in [0.05, 0.1) is 43.1 Å². The van der Waals surface area contributed by atoms with Crippen LogP contribution in [0.15, 0.2) is 53.8 Å². The molecule has 3 heterocycles. The number of methoxy groups -OCH3 is 1. The Bertz CT molecular complexity index is 1510. The Morgan fingerprint density at radius 3 is 2.42 bits per heavy atom. The van der Waals surface area contributed by atoms with E-state index in [1.807, 2.05) is 55.3 Å². The molecule has 0 bridgehead atoms. The van der Waals surface area contributed by atoms with Gasteiger partial charge >= 0.3 is 0 Å². The highest BCUT2D eigenvalue weighted by atomic mass is 32.2. The maximum atomic E-state index is 13.2. The van der Waals surface area contributed by atoms with E-state index in [0.717, 1.165) is 42.5 Å². The topological polar surface area (TPSA) is 104 Å². The number of ether oxygens (including phenoxy) is 2. The van der Waals surface area contributed by atoms with Gasteiger partial charge in [0, 0.05) is 50.7 Å². The van der Waals surface area contributed by atoms with E-state index in [-0.39, 0.29) is 16.9 Å². The molecular formula is C27H34N6O4S. The smallest absolute Gasteiger partial charge is 0.181 e. The lowest BCUT2D eigenvalue weighted by atomic mass is 9.85. The molecule has 11 heteroatoms. The van der Waals surface area contributed by atoms with Crippen molar-refractivity contribution in [2.24, 2.45) is 0 Å². The molecule has 202 valence electrons. The lowest BCUT2D eigenvalue weighted by Gasteiger charge is -2.30. The van der Waals surface area contributed by atoms with Gasteiger partial charge in [-0.2, -0.15) is 14.7 Å². The minimum absolute atomic E-state index is 0.000456. The Hall–Kier alpha value is -3.28. The van der Waals surface area contributed by atoms with Crippen LogP contribution in [0.1, 0.15) is 37.3 Å². The molecule has 38 heavy (non-hydrogen) atoms. The van der Waals surface area contributed by atoms with Crippen molar-refractivity contribution in [2.75, 3.05) is 45.6 Å². The first-order chi connectivity index (χ1) is 18.3. The molecule has 0 saturated heterocycles. The highest BCUT2D eigenvalue weighted by molar-refractivity contribution is 7.91. The maximum absolute atomic E-state index is 13.2. The van der Waals surface area contributed by atoms with E-state index in [1.165, 1.54) is 6.26 Å². The highest BCUT2D eigenvalue weighted by Crippen LogP contribution is 2.40. The molecule has 1 fully saturated rings. The fourth-order valence-electron chi connectivity index (χ4n) is 5.19. The third-order valence-corrected chi connectivity index (χ3v) is 8.15. The lowest BCUT2D eigenvalue weighted by molar-refractivity contribution is -0.00308. The van der Waals surface area contributed by atoms with Crippen molar-refractivity contribution in [1.29, 1.82) is 0 Å². The summed E-state index contributed by atoms with van der Waals surface area (Å²) in [5.74, 6) is 0.508. The van der Waals surface area contributed by atoms with Crippen LogP contribution in [0.2, 0.25) is 0 Å². The quantitative estimate of drug-likeness (QED) is 0.297. The summed E-state index contributed by atoms with van der Waals surface area (Å²) < 4.78 is 40.8. The number of hydrogen-bond acceptors (Lipinski definition) is 8. The second kappa shape index (κ2) is 10.8. The second-order valence-corrected chi connectivity index (χ2v) is 11.9. The summed E-state index contributed by atoms with van der Waals surface area (Å²) in [5, 5.41) is 9.13. The summed E-state index contributed by atoms with van der Waals surface area (Å²) >= 11 is 0. The van der Waals surface area contributed by atoms with E-state index in [0.29, 0.717) is 30.4 Å². The molecule has 1 aliphatic carbocycles. The molecule has 0 aliphatic heterocycles. The first-order valence-corrected chi connectivity index (χ1v) is 14.7. The molecular weight excluding hydrogens is 504 g/mol. The first-order valence-electron chi connectivity index (χ1n) is 12.8. The number of aromatic nitrogens is 5. The van der Waals surface area contributed by atoms with Crippen LogP contribution in [0.25, 0.3) is 22.5 Å². The summed E-state index contributed by atoms with van der Waals surface area (Å²) in [6.07, 6.45) is 10.1. The molecule has 1 aliphatic rings. The lowest BCUT2D eigenvalue weighted by Crippen LogP contribution is -2.26. The van der Waals surface area contributed by atoms with Crippen LogP contribution in [0.4, 0.5) is 5.82 Å². The van der Waals surface area contributed by atoms with Gasteiger partial charge in [0.1, 0.15) is 4.90 Å². The fraction of sp³-hybridized carbons (Fsp3) is 0.444. The van der Waals surface area contributed by atoms with Crippen molar-refractivity contribution in [1.82, 2.24) is 24.4 Å². The number of rotatable bonds is 9. The molecule has 4 aromatic rings. The summed E-state index contributed by atoms with van der Waals surface area (Å²) in [5.41, 5.74) is 3.82. The van der Waals surface area contributed by atoms with E-state index in [9.17, 15) is 8.42 Å². The first kappa shape index (κ1) is 26.3. The highest BCUT2D eigenvalue weighted by Gasteiger charge is 2.33. The van der Waals surface area contributed by atoms with Crippen LogP contribution in [0.5, 0.6) is 0 Å². The van der Waals surface area contributed by atoms with Crippen molar-refractivity contribution in [3.05, 3.63) is 54.6 Å². The van der Waals surface area contributed by atoms with Crippen molar-refractivity contribution in [3.8, 4) is 16.8 Å². The van der Waals surface area contributed by atoms with Gasteiger partial charge in [-0.05, 0) is 37.8 Å². The molecule has 1 aromatic carbocycles. The molecule has 5 rings (SSSR count). The normalized spacial score (nSPS) is 18.2. The maximum Gasteiger partial charge on any atom is 0.181 e. The Balaban J connectivity index is 1.58. The standard InChI is InChI=1S/C27H34N6O4S/c1-31(2)27-25(38(4,34)35)24(19-10-12-22(13-11-19)37-15-14-36-3)30-26-23(17-29-33(26)27)20-16-28-32(18-20)21-8-6-5-7-9-21/h5-9,16-19,22H,10-15H2,1-4H3/t19-,22-. The Kier molecular flexibility index (Phi) is 7.51.